The van der Waals surface area contributed by atoms with Crippen molar-refractivity contribution in [1.29, 1.82) is 0 Å². The van der Waals surface area contributed by atoms with Crippen molar-refractivity contribution in [3.05, 3.63) is 24.3 Å². The van der Waals surface area contributed by atoms with Gasteiger partial charge in [0.15, 0.2) is 0 Å². The van der Waals surface area contributed by atoms with Crippen LogP contribution in [0.25, 0.3) is 0 Å². The van der Waals surface area contributed by atoms with Crippen molar-refractivity contribution in [2.24, 2.45) is 5.92 Å². The van der Waals surface area contributed by atoms with Crippen LogP contribution in [0.15, 0.2) is 29.2 Å². The third-order valence-corrected chi connectivity index (χ3v) is 5.25. The Bertz CT molecular complexity index is 672. The van der Waals surface area contributed by atoms with Gasteiger partial charge in [0.1, 0.15) is 11.8 Å². The Morgan fingerprint density at radius 1 is 1.11 bits per heavy atom. The molecule has 154 valence electrons. The van der Waals surface area contributed by atoms with Crippen LogP contribution in [0.1, 0.15) is 40.5 Å². The van der Waals surface area contributed by atoms with Crippen LogP contribution < -0.4 is 14.8 Å². The molecule has 1 rings (SSSR count). The average molecular weight is 401 g/mol. The van der Waals surface area contributed by atoms with Crippen LogP contribution in [0.5, 0.6) is 5.75 Å². The third-order valence-electron chi connectivity index (χ3n) is 3.76. The lowest BCUT2D eigenvalue weighted by atomic mass is 10.0. The first-order valence-electron chi connectivity index (χ1n) is 9.21. The van der Waals surface area contributed by atoms with Gasteiger partial charge in [0.25, 0.3) is 0 Å². The van der Waals surface area contributed by atoms with Gasteiger partial charge in [-0.2, -0.15) is 4.72 Å². The SMILES string of the molecule is COc1ccc(S(=O)(=O)N[C@H](CC(C)C)C(=O)NCCCOC(C)C)cc1. The molecule has 0 aliphatic rings. The number of carbonyl (C=O) groups excluding carboxylic acids is 1. The van der Waals surface area contributed by atoms with Gasteiger partial charge < -0.3 is 14.8 Å². The first kappa shape index (κ1) is 23.4. The van der Waals surface area contributed by atoms with E-state index >= 15 is 0 Å². The van der Waals surface area contributed by atoms with E-state index in [-0.39, 0.29) is 22.8 Å². The molecule has 0 aliphatic heterocycles. The highest BCUT2D eigenvalue weighted by Gasteiger charge is 2.26. The quantitative estimate of drug-likeness (QED) is 0.525. The highest BCUT2D eigenvalue weighted by molar-refractivity contribution is 7.89. The summed E-state index contributed by atoms with van der Waals surface area (Å²) < 4.78 is 38.3. The average Bonchev–Trinajstić information content (AvgIpc) is 2.60. The van der Waals surface area contributed by atoms with Crippen molar-refractivity contribution in [1.82, 2.24) is 10.0 Å². The number of amides is 1. The molecule has 0 aromatic heterocycles. The highest BCUT2D eigenvalue weighted by atomic mass is 32.2. The lowest BCUT2D eigenvalue weighted by Gasteiger charge is -2.20. The van der Waals surface area contributed by atoms with Crippen LogP contribution in [0.4, 0.5) is 0 Å². The Morgan fingerprint density at radius 3 is 2.26 bits per heavy atom. The number of hydrogen-bond donors (Lipinski definition) is 2. The first-order valence-corrected chi connectivity index (χ1v) is 10.7. The molecule has 1 aromatic carbocycles. The van der Waals surface area contributed by atoms with Gasteiger partial charge >= 0.3 is 0 Å². The monoisotopic (exact) mass is 400 g/mol. The molecule has 1 atom stereocenters. The zero-order chi connectivity index (χ0) is 20.4. The molecular weight excluding hydrogens is 368 g/mol. The maximum Gasteiger partial charge on any atom is 0.241 e. The third kappa shape index (κ3) is 8.73. The van der Waals surface area contributed by atoms with Crippen LogP contribution in [0.3, 0.4) is 0 Å². The fourth-order valence-corrected chi connectivity index (χ4v) is 3.62. The number of methoxy groups -OCH3 is 1. The molecule has 0 spiro atoms. The van der Waals surface area contributed by atoms with Crippen LogP contribution in [-0.2, 0) is 19.6 Å². The zero-order valence-electron chi connectivity index (χ0n) is 16.8. The van der Waals surface area contributed by atoms with E-state index in [1.807, 2.05) is 27.7 Å². The molecule has 0 unspecified atom stereocenters. The van der Waals surface area contributed by atoms with E-state index < -0.39 is 16.1 Å². The normalized spacial score (nSPS) is 13.0. The van der Waals surface area contributed by atoms with Crippen LogP contribution >= 0.6 is 0 Å². The van der Waals surface area contributed by atoms with Gasteiger partial charge in [0.2, 0.25) is 15.9 Å². The molecule has 0 bridgehead atoms. The molecule has 0 saturated heterocycles. The van der Waals surface area contributed by atoms with Crippen molar-refractivity contribution in [2.75, 3.05) is 20.3 Å². The van der Waals surface area contributed by atoms with E-state index in [4.69, 9.17) is 9.47 Å². The van der Waals surface area contributed by atoms with E-state index in [1.165, 1.54) is 19.2 Å². The molecule has 0 fully saturated rings. The molecule has 0 saturated carbocycles. The summed E-state index contributed by atoms with van der Waals surface area (Å²) in [7, 11) is -2.30. The second-order valence-electron chi connectivity index (χ2n) is 7.04. The number of sulfonamides is 1. The van der Waals surface area contributed by atoms with Gasteiger partial charge in [0, 0.05) is 13.2 Å². The number of carbonyl (C=O) groups is 1. The lowest BCUT2D eigenvalue weighted by Crippen LogP contribution is -2.47. The summed E-state index contributed by atoms with van der Waals surface area (Å²) in [5.41, 5.74) is 0. The second kappa shape index (κ2) is 11.3. The van der Waals surface area contributed by atoms with Gasteiger partial charge in [0.05, 0.1) is 18.1 Å². The zero-order valence-corrected chi connectivity index (χ0v) is 17.6. The van der Waals surface area contributed by atoms with E-state index in [0.29, 0.717) is 31.7 Å². The van der Waals surface area contributed by atoms with Crippen molar-refractivity contribution in [3.63, 3.8) is 0 Å². The topological polar surface area (TPSA) is 93.7 Å². The number of hydrogen-bond acceptors (Lipinski definition) is 5. The van der Waals surface area contributed by atoms with E-state index in [1.54, 1.807) is 12.1 Å². The fourth-order valence-electron chi connectivity index (χ4n) is 2.42. The molecule has 0 heterocycles. The summed E-state index contributed by atoms with van der Waals surface area (Å²) >= 11 is 0. The number of nitrogens with one attached hydrogen (secondary N) is 2. The molecule has 1 aromatic rings. The summed E-state index contributed by atoms with van der Waals surface area (Å²) in [6.45, 7) is 8.77. The van der Waals surface area contributed by atoms with Gasteiger partial charge in [-0.15, -0.1) is 0 Å². The maximum absolute atomic E-state index is 12.6. The molecule has 0 aliphatic carbocycles. The minimum atomic E-state index is -3.81. The molecule has 8 heteroatoms. The Morgan fingerprint density at radius 2 is 1.74 bits per heavy atom. The minimum absolute atomic E-state index is 0.0928. The van der Waals surface area contributed by atoms with Crippen molar-refractivity contribution >= 4 is 15.9 Å². The van der Waals surface area contributed by atoms with Crippen LogP contribution in [0, 0.1) is 5.92 Å². The molecule has 27 heavy (non-hydrogen) atoms. The van der Waals surface area contributed by atoms with Crippen molar-refractivity contribution in [3.8, 4) is 5.75 Å². The number of rotatable bonds is 12. The maximum atomic E-state index is 12.6. The lowest BCUT2D eigenvalue weighted by molar-refractivity contribution is -0.123. The van der Waals surface area contributed by atoms with E-state index in [0.717, 1.165) is 0 Å². The number of benzene rings is 1. The Balaban J connectivity index is 2.72. The predicted octanol–water partition coefficient (Wildman–Crippen LogP) is 2.32. The second-order valence-corrected chi connectivity index (χ2v) is 8.76. The summed E-state index contributed by atoms with van der Waals surface area (Å²) in [5.74, 6) is 0.392. The van der Waals surface area contributed by atoms with Gasteiger partial charge in [-0.25, -0.2) is 8.42 Å². The Hall–Kier alpha value is -1.64. The van der Waals surface area contributed by atoms with Gasteiger partial charge in [-0.3, -0.25) is 4.79 Å². The number of ether oxygens (including phenoxy) is 2. The summed E-state index contributed by atoms with van der Waals surface area (Å²) in [6.07, 6.45) is 1.22. The standard InChI is InChI=1S/C19H32N2O5S/c1-14(2)13-18(19(22)20-11-6-12-26-15(3)4)21-27(23,24)17-9-7-16(25-5)8-10-17/h7-10,14-15,18,21H,6,11-13H2,1-5H3,(H,20,22)/t18-/m1/s1. The van der Waals surface area contributed by atoms with Gasteiger partial charge in [-0.05, 0) is 56.9 Å². The summed E-state index contributed by atoms with van der Waals surface area (Å²) in [6, 6.07) is 5.22. The fraction of sp³-hybridized carbons (Fsp3) is 0.632. The minimum Gasteiger partial charge on any atom is -0.497 e. The first-order chi connectivity index (χ1) is 12.7. The smallest absolute Gasteiger partial charge is 0.241 e. The van der Waals surface area contributed by atoms with Crippen LogP contribution in [-0.4, -0.2) is 46.7 Å². The van der Waals surface area contributed by atoms with Gasteiger partial charge in [-0.1, -0.05) is 13.8 Å². The summed E-state index contributed by atoms with van der Waals surface area (Å²) in [5, 5.41) is 2.79. The Labute approximate surface area is 162 Å². The highest BCUT2D eigenvalue weighted by Crippen LogP contribution is 2.17. The van der Waals surface area contributed by atoms with Crippen molar-refractivity contribution < 1.29 is 22.7 Å². The molecule has 1 amide bonds. The molecule has 0 radical (unpaired) electrons. The Kier molecular flexibility index (Phi) is 9.76. The predicted molar refractivity (Wildman–Crippen MR) is 105 cm³/mol. The van der Waals surface area contributed by atoms with Crippen molar-refractivity contribution in [2.45, 2.75) is 57.6 Å². The molecule has 2 N–H and O–H groups in total. The van der Waals surface area contributed by atoms with E-state index in [9.17, 15) is 13.2 Å². The molecule has 7 nitrogen and oxygen atoms in total. The molecular formula is C19H32N2O5S. The van der Waals surface area contributed by atoms with Crippen LogP contribution in [0.2, 0.25) is 0 Å². The van der Waals surface area contributed by atoms with E-state index in [2.05, 4.69) is 10.0 Å². The summed E-state index contributed by atoms with van der Waals surface area (Å²) in [4.78, 5) is 12.6. The largest absolute Gasteiger partial charge is 0.497 e.